The van der Waals surface area contributed by atoms with Crippen LogP contribution in [0.2, 0.25) is 5.02 Å². The van der Waals surface area contributed by atoms with Gasteiger partial charge in [0.15, 0.2) is 0 Å². The molecule has 2 amide bonds. The number of rotatable bonds is 3. The van der Waals surface area contributed by atoms with E-state index in [0.717, 1.165) is 16.8 Å². The molecule has 0 aromatic heterocycles. The van der Waals surface area contributed by atoms with Crippen molar-refractivity contribution < 1.29 is 9.59 Å². The van der Waals surface area contributed by atoms with Crippen molar-refractivity contribution in [1.29, 1.82) is 0 Å². The maximum absolute atomic E-state index is 12.6. The quantitative estimate of drug-likeness (QED) is 0.882. The fraction of sp³-hybridized carbons (Fsp3) is 0.158. The van der Waals surface area contributed by atoms with Gasteiger partial charge in [0, 0.05) is 17.1 Å². The normalized spacial score (nSPS) is 14.0. The van der Waals surface area contributed by atoms with Crippen LogP contribution in [0.15, 0.2) is 54.2 Å². The molecular weight excluding hydrogens is 338 g/mol. The number of nitrogens with zero attached hydrogens (tertiary/aromatic N) is 1. The number of carbonyl (C=O) groups is 2. The molecule has 0 atom stereocenters. The minimum atomic E-state index is -0.292. The summed E-state index contributed by atoms with van der Waals surface area (Å²) in [4.78, 5) is 24.7. The molecule has 0 spiro atoms. The van der Waals surface area contributed by atoms with Crippen LogP contribution in [0, 0.1) is 13.8 Å². The van der Waals surface area contributed by atoms with E-state index in [1.165, 1.54) is 5.01 Å². The zero-order valence-corrected chi connectivity index (χ0v) is 14.7. The topological polar surface area (TPSA) is 61.4 Å². The molecule has 0 saturated carbocycles. The van der Waals surface area contributed by atoms with Gasteiger partial charge in [-0.2, -0.15) is 0 Å². The van der Waals surface area contributed by atoms with Gasteiger partial charge in [-0.05, 0) is 61.4 Å². The second-order valence-corrected chi connectivity index (χ2v) is 6.28. The average molecular weight is 356 g/mol. The largest absolute Gasteiger partial charge is 0.320 e. The molecule has 1 aliphatic heterocycles. The maximum atomic E-state index is 12.6. The van der Waals surface area contributed by atoms with E-state index in [1.54, 1.807) is 30.3 Å². The van der Waals surface area contributed by atoms with Crippen LogP contribution in [0.25, 0.3) is 0 Å². The van der Waals surface area contributed by atoms with Crippen LogP contribution < -0.4 is 15.8 Å². The van der Waals surface area contributed by atoms with E-state index in [2.05, 4.69) is 10.7 Å². The molecule has 2 N–H and O–H groups in total. The van der Waals surface area contributed by atoms with Crippen LogP contribution in [0.3, 0.4) is 0 Å². The molecule has 2 aromatic carbocycles. The Hall–Kier alpha value is -2.79. The van der Waals surface area contributed by atoms with Crippen molar-refractivity contribution in [3.05, 3.63) is 70.4 Å². The number of nitrogens with one attached hydrogen (secondary N) is 2. The molecule has 0 fully saturated rings. The number of hydrazine groups is 1. The summed E-state index contributed by atoms with van der Waals surface area (Å²) in [5, 5.41) is 4.82. The molecule has 0 bridgehead atoms. The van der Waals surface area contributed by atoms with Crippen LogP contribution in [0.5, 0.6) is 0 Å². The molecule has 0 unspecified atom stereocenters. The fourth-order valence-electron chi connectivity index (χ4n) is 2.53. The molecule has 0 radical (unpaired) electrons. The van der Waals surface area contributed by atoms with E-state index in [-0.39, 0.29) is 18.2 Å². The highest BCUT2D eigenvalue weighted by Gasteiger charge is 2.24. The summed E-state index contributed by atoms with van der Waals surface area (Å²) in [6.07, 6.45) is 1.74. The van der Waals surface area contributed by atoms with Crippen LogP contribution in [-0.2, 0) is 9.59 Å². The van der Waals surface area contributed by atoms with Crippen LogP contribution in [0.4, 0.5) is 11.4 Å². The highest BCUT2D eigenvalue weighted by atomic mass is 35.5. The summed E-state index contributed by atoms with van der Waals surface area (Å²) in [7, 11) is 0. The molecule has 2 aromatic rings. The first-order valence-corrected chi connectivity index (χ1v) is 8.26. The van der Waals surface area contributed by atoms with Crippen molar-refractivity contribution in [1.82, 2.24) is 5.43 Å². The Kier molecular flexibility index (Phi) is 4.76. The monoisotopic (exact) mass is 355 g/mol. The van der Waals surface area contributed by atoms with E-state index in [1.807, 2.05) is 32.0 Å². The Balaban J connectivity index is 1.78. The zero-order valence-electron chi connectivity index (χ0n) is 14.0. The smallest absolute Gasteiger partial charge is 0.273 e. The van der Waals surface area contributed by atoms with Crippen molar-refractivity contribution >= 4 is 34.8 Å². The number of halogens is 1. The lowest BCUT2D eigenvalue weighted by atomic mass is 10.1. The van der Waals surface area contributed by atoms with E-state index in [9.17, 15) is 9.59 Å². The molecule has 6 heteroatoms. The standard InChI is InChI=1S/C19H18ClN3O2/c1-12-4-3-5-16(13(12)2)21-19(25)17-10-11-18(24)23(22-17)15-8-6-14(20)7-9-15/h3-10,22H,11H2,1-2H3,(H,21,25). The molecule has 0 saturated heterocycles. The number of carbonyl (C=O) groups excluding carboxylic acids is 2. The van der Waals surface area contributed by atoms with Crippen LogP contribution >= 0.6 is 11.6 Å². The van der Waals surface area contributed by atoms with E-state index in [4.69, 9.17) is 11.6 Å². The second kappa shape index (κ2) is 6.99. The van der Waals surface area contributed by atoms with Gasteiger partial charge >= 0.3 is 0 Å². The van der Waals surface area contributed by atoms with Gasteiger partial charge in [-0.3, -0.25) is 15.0 Å². The molecule has 0 aliphatic carbocycles. The molecule has 3 rings (SSSR count). The number of amides is 2. The van der Waals surface area contributed by atoms with Gasteiger partial charge < -0.3 is 5.32 Å². The van der Waals surface area contributed by atoms with Crippen molar-refractivity contribution in [2.24, 2.45) is 0 Å². The maximum Gasteiger partial charge on any atom is 0.273 e. The Morgan fingerprint density at radius 2 is 1.88 bits per heavy atom. The summed E-state index contributed by atoms with van der Waals surface area (Å²) >= 11 is 5.88. The first-order valence-electron chi connectivity index (χ1n) is 7.88. The lowest BCUT2D eigenvalue weighted by Crippen LogP contribution is -2.47. The Morgan fingerprint density at radius 1 is 1.16 bits per heavy atom. The second-order valence-electron chi connectivity index (χ2n) is 5.84. The van der Waals surface area contributed by atoms with Gasteiger partial charge in [-0.25, -0.2) is 5.01 Å². The Bertz CT molecular complexity index is 859. The van der Waals surface area contributed by atoms with Crippen molar-refractivity contribution in [2.75, 3.05) is 10.3 Å². The van der Waals surface area contributed by atoms with E-state index >= 15 is 0 Å². The van der Waals surface area contributed by atoms with Gasteiger partial charge in [-0.1, -0.05) is 23.7 Å². The predicted octanol–water partition coefficient (Wildman–Crippen LogP) is 3.72. The minimum absolute atomic E-state index is 0.144. The summed E-state index contributed by atoms with van der Waals surface area (Å²) in [5.74, 6) is -0.439. The van der Waals surface area contributed by atoms with Crippen LogP contribution in [0.1, 0.15) is 17.5 Å². The lowest BCUT2D eigenvalue weighted by Gasteiger charge is -2.28. The van der Waals surface area contributed by atoms with Crippen molar-refractivity contribution in [3.8, 4) is 0 Å². The number of benzene rings is 2. The zero-order chi connectivity index (χ0) is 18.0. The van der Waals surface area contributed by atoms with Gasteiger partial charge in [0.25, 0.3) is 5.91 Å². The van der Waals surface area contributed by atoms with Crippen molar-refractivity contribution in [3.63, 3.8) is 0 Å². The first-order chi connectivity index (χ1) is 12.0. The summed E-state index contributed by atoms with van der Waals surface area (Å²) < 4.78 is 0. The van der Waals surface area contributed by atoms with E-state index in [0.29, 0.717) is 16.4 Å². The molecule has 25 heavy (non-hydrogen) atoms. The summed E-state index contributed by atoms with van der Waals surface area (Å²) in [6, 6.07) is 12.6. The SMILES string of the molecule is Cc1cccc(NC(=O)C2=CCC(=O)N(c3ccc(Cl)cc3)N2)c1C. The molecule has 5 nitrogen and oxygen atoms in total. The first kappa shape index (κ1) is 17.0. The van der Waals surface area contributed by atoms with Gasteiger partial charge in [0.1, 0.15) is 5.70 Å². The van der Waals surface area contributed by atoms with Crippen molar-refractivity contribution in [2.45, 2.75) is 20.3 Å². The van der Waals surface area contributed by atoms with Crippen LogP contribution in [-0.4, -0.2) is 11.8 Å². The highest BCUT2D eigenvalue weighted by Crippen LogP contribution is 2.22. The third-order valence-corrected chi connectivity index (χ3v) is 4.40. The number of aryl methyl sites for hydroxylation is 1. The molecular formula is C19H18ClN3O2. The number of anilines is 2. The fourth-order valence-corrected chi connectivity index (χ4v) is 2.65. The third-order valence-electron chi connectivity index (χ3n) is 4.14. The average Bonchev–Trinajstić information content (AvgIpc) is 2.60. The number of hydrogen-bond acceptors (Lipinski definition) is 3. The van der Waals surface area contributed by atoms with E-state index < -0.39 is 0 Å². The lowest BCUT2D eigenvalue weighted by molar-refractivity contribution is -0.119. The third kappa shape index (κ3) is 3.67. The molecule has 128 valence electrons. The molecule has 1 heterocycles. The van der Waals surface area contributed by atoms with Gasteiger partial charge in [0.2, 0.25) is 5.91 Å². The van der Waals surface area contributed by atoms with Gasteiger partial charge in [0.05, 0.1) is 5.69 Å². The summed E-state index contributed by atoms with van der Waals surface area (Å²) in [6.45, 7) is 3.95. The molecule has 1 aliphatic rings. The summed E-state index contributed by atoms with van der Waals surface area (Å²) in [5.41, 5.74) is 6.70. The minimum Gasteiger partial charge on any atom is -0.320 e. The predicted molar refractivity (Wildman–Crippen MR) is 99.3 cm³/mol. The highest BCUT2D eigenvalue weighted by molar-refractivity contribution is 6.30. The van der Waals surface area contributed by atoms with Gasteiger partial charge in [-0.15, -0.1) is 0 Å². The Labute approximate surface area is 151 Å². The Morgan fingerprint density at radius 3 is 2.60 bits per heavy atom. The number of hydrogen-bond donors (Lipinski definition) is 2.